The van der Waals surface area contributed by atoms with Crippen LogP contribution in [-0.2, 0) is 11.3 Å². The first kappa shape index (κ1) is 16.9. The smallest absolute Gasteiger partial charge is 0.225 e. The minimum absolute atomic E-state index is 0.105. The largest absolute Gasteiger partial charge is 0.342 e. The van der Waals surface area contributed by atoms with E-state index in [-0.39, 0.29) is 5.92 Å². The zero-order valence-corrected chi connectivity index (χ0v) is 15.4. The number of amides is 1. The average molecular weight is 336 g/mol. The molecule has 128 valence electrons. The van der Waals surface area contributed by atoms with E-state index in [0.29, 0.717) is 17.9 Å². The van der Waals surface area contributed by atoms with Crippen molar-refractivity contribution in [3.63, 3.8) is 0 Å². The number of hydrogen-bond donors (Lipinski definition) is 1. The summed E-state index contributed by atoms with van der Waals surface area (Å²) in [6, 6.07) is 0.502. The lowest BCUT2D eigenvalue weighted by molar-refractivity contribution is -0.136. The Morgan fingerprint density at radius 2 is 2.22 bits per heavy atom. The van der Waals surface area contributed by atoms with Gasteiger partial charge < -0.3 is 10.2 Å². The fraction of sp³-hybridized carbons (Fsp3) is 0.778. The van der Waals surface area contributed by atoms with Crippen molar-refractivity contribution >= 4 is 17.2 Å². The van der Waals surface area contributed by atoms with Gasteiger partial charge in [-0.25, -0.2) is 4.98 Å². The summed E-state index contributed by atoms with van der Waals surface area (Å²) in [7, 11) is 0. The molecule has 1 amide bonds. The van der Waals surface area contributed by atoms with E-state index in [9.17, 15) is 4.79 Å². The molecule has 0 spiro atoms. The molecule has 1 aromatic rings. The van der Waals surface area contributed by atoms with Gasteiger partial charge in [0.2, 0.25) is 5.91 Å². The summed E-state index contributed by atoms with van der Waals surface area (Å²) in [5.74, 6) is 1.71. The Labute approximate surface area is 143 Å². The van der Waals surface area contributed by atoms with Crippen LogP contribution in [-0.4, -0.2) is 34.9 Å². The predicted molar refractivity (Wildman–Crippen MR) is 94.5 cm³/mol. The number of carbonyl (C=O) groups excluding carboxylic acids is 1. The molecule has 0 unspecified atom stereocenters. The Balaban J connectivity index is 1.52. The Bertz CT molecular complexity index is 538. The molecule has 2 atom stereocenters. The molecule has 4 nitrogen and oxygen atoms in total. The molecule has 3 rings (SSSR count). The van der Waals surface area contributed by atoms with Crippen molar-refractivity contribution in [3.8, 4) is 0 Å². The molecule has 1 aromatic heterocycles. The summed E-state index contributed by atoms with van der Waals surface area (Å²) in [5.41, 5.74) is 1.19. The van der Waals surface area contributed by atoms with Crippen molar-refractivity contribution in [2.24, 2.45) is 11.8 Å². The minimum atomic E-state index is 0.105. The molecule has 1 aliphatic heterocycles. The number of likely N-dealkylation sites (tertiary alicyclic amines) is 1. The van der Waals surface area contributed by atoms with Gasteiger partial charge in [-0.1, -0.05) is 27.2 Å². The number of nitrogens with zero attached hydrogens (tertiary/aromatic N) is 2. The van der Waals surface area contributed by atoms with Crippen LogP contribution in [0, 0.1) is 11.8 Å². The molecule has 5 heteroatoms. The van der Waals surface area contributed by atoms with E-state index in [1.807, 2.05) is 25.2 Å². The molecule has 0 radical (unpaired) electrons. The van der Waals surface area contributed by atoms with Crippen LogP contribution in [0.4, 0.5) is 0 Å². The van der Waals surface area contributed by atoms with E-state index in [1.165, 1.54) is 23.5 Å². The molecular weight excluding hydrogens is 306 g/mol. The summed E-state index contributed by atoms with van der Waals surface area (Å²) in [6.07, 6.45) is 4.81. The van der Waals surface area contributed by atoms with E-state index >= 15 is 0 Å². The second-order valence-corrected chi connectivity index (χ2v) is 8.22. The third-order valence-electron chi connectivity index (χ3n) is 5.11. The number of nitrogens with one attached hydrogen (secondary N) is 1. The van der Waals surface area contributed by atoms with Gasteiger partial charge in [-0.15, -0.1) is 11.3 Å². The molecule has 2 aliphatic rings. The summed E-state index contributed by atoms with van der Waals surface area (Å²) in [4.78, 5) is 19.0. The van der Waals surface area contributed by atoms with Gasteiger partial charge in [-0.05, 0) is 25.2 Å². The van der Waals surface area contributed by atoms with Crippen molar-refractivity contribution in [2.45, 2.75) is 65.0 Å². The molecule has 0 aromatic carbocycles. The Kier molecular flexibility index (Phi) is 5.37. The standard InChI is InChI=1S/C18H29N3OS/c1-4-13-10-21(18(22)12(2)3)8-7-16(13)19-9-15-11-23-17(20-15)14-5-6-14/h11-14,16,19H,4-10H2,1-3H3/t13-,16-/m0/s1. The van der Waals surface area contributed by atoms with Crippen LogP contribution in [0.3, 0.4) is 0 Å². The van der Waals surface area contributed by atoms with Gasteiger partial charge in [0.25, 0.3) is 0 Å². The van der Waals surface area contributed by atoms with Gasteiger partial charge in [0.1, 0.15) is 0 Å². The van der Waals surface area contributed by atoms with Crippen LogP contribution in [0.2, 0.25) is 0 Å². The maximum absolute atomic E-state index is 12.2. The molecule has 1 N–H and O–H groups in total. The highest BCUT2D eigenvalue weighted by atomic mass is 32.1. The molecular formula is C18H29N3OS. The van der Waals surface area contributed by atoms with Crippen LogP contribution in [0.5, 0.6) is 0 Å². The third-order valence-corrected chi connectivity index (χ3v) is 6.16. The van der Waals surface area contributed by atoms with E-state index < -0.39 is 0 Å². The quantitative estimate of drug-likeness (QED) is 0.867. The first-order chi connectivity index (χ1) is 11.1. The maximum Gasteiger partial charge on any atom is 0.225 e. The van der Waals surface area contributed by atoms with Crippen molar-refractivity contribution < 1.29 is 4.79 Å². The number of rotatable bonds is 6. The van der Waals surface area contributed by atoms with E-state index in [4.69, 9.17) is 4.98 Å². The number of piperidine rings is 1. The zero-order chi connectivity index (χ0) is 16.4. The second kappa shape index (κ2) is 7.31. The molecule has 1 aliphatic carbocycles. The fourth-order valence-electron chi connectivity index (χ4n) is 3.44. The molecule has 1 saturated carbocycles. The lowest BCUT2D eigenvalue weighted by atomic mass is 9.89. The van der Waals surface area contributed by atoms with E-state index in [1.54, 1.807) is 0 Å². The zero-order valence-electron chi connectivity index (χ0n) is 14.5. The van der Waals surface area contributed by atoms with Crippen LogP contribution >= 0.6 is 11.3 Å². The first-order valence-electron chi connectivity index (χ1n) is 9.05. The summed E-state index contributed by atoms with van der Waals surface area (Å²) in [6.45, 7) is 8.87. The van der Waals surface area contributed by atoms with Gasteiger partial charge in [-0.3, -0.25) is 4.79 Å². The molecule has 23 heavy (non-hydrogen) atoms. The summed E-state index contributed by atoms with van der Waals surface area (Å²) in [5, 5.41) is 7.24. The average Bonchev–Trinajstić information content (AvgIpc) is 3.30. The summed E-state index contributed by atoms with van der Waals surface area (Å²) >= 11 is 1.82. The highest BCUT2D eigenvalue weighted by molar-refractivity contribution is 7.09. The molecule has 2 heterocycles. The maximum atomic E-state index is 12.2. The Morgan fingerprint density at radius 3 is 2.87 bits per heavy atom. The van der Waals surface area contributed by atoms with Crippen molar-refractivity contribution in [3.05, 3.63) is 16.1 Å². The Morgan fingerprint density at radius 1 is 1.43 bits per heavy atom. The van der Waals surface area contributed by atoms with Crippen LogP contribution < -0.4 is 5.32 Å². The van der Waals surface area contributed by atoms with Crippen LogP contribution in [0.1, 0.15) is 63.1 Å². The number of thiazole rings is 1. The first-order valence-corrected chi connectivity index (χ1v) is 9.93. The van der Waals surface area contributed by atoms with E-state index in [0.717, 1.165) is 38.4 Å². The van der Waals surface area contributed by atoms with Crippen molar-refractivity contribution in [1.82, 2.24) is 15.2 Å². The van der Waals surface area contributed by atoms with Gasteiger partial charge >= 0.3 is 0 Å². The predicted octanol–water partition coefficient (Wildman–Crippen LogP) is 3.39. The lowest BCUT2D eigenvalue weighted by Gasteiger charge is -2.39. The number of carbonyl (C=O) groups is 1. The monoisotopic (exact) mass is 335 g/mol. The molecule has 1 saturated heterocycles. The SMILES string of the molecule is CC[C@H]1CN(C(=O)C(C)C)CC[C@@H]1NCc1csc(C2CC2)n1. The van der Waals surface area contributed by atoms with E-state index in [2.05, 4.69) is 22.5 Å². The number of hydrogen-bond acceptors (Lipinski definition) is 4. The van der Waals surface area contributed by atoms with Crippen molar-refractivity contribution in [2.75, 3.05) is 13.1 Å². The minimum Gasteiger partial charge on any atom is -0.342 e. The molecule has 0 bridgehead atoms. The van der Waals surface area contributed by atoms with Gasteiger partial charge in [0.15, 0.2) is 0 Å². The fourth-order valence-corrected chi connectivity index (χ4v) is 4.43. The Hall–Kier alpha value is -0.940. The van der Waals surface area contributed by atoms with Crippen LogP contribution in [0.15, 0.2) is 5.38 Å². The number of aromatic nitrogens is 1. The van der Waals surface area contributed by atoms with Gasteiger partial charge in [-0.2, -0.15) is 0 Å². The third kappa shape index (κ3) is 4.13. The van der Waals surface area contributed by atoms with Crippen LogP contribution in [0.25, 0.3) is 0 Å². The van der Waals surface area contributed by atoms with Gasteiger partial charge in [0.05, 0.1) is 10.7 Å². The van der Waals surface area contributed by atoms with Gasteiger partial charge in [0, 0.05) is 42.9 Å². The highest BCUT2D eigenvalue weighted by Crippen LogP contribution is 2.41. The molecule has 2 fully saturated rings. The topological polar surface area (TPSA) is 45.2 Å². The summed E-state index contributed by atoms with van der Waals surface area (Å²) < 4.78 is 0. The normalized spacial score (nSPS) is 25.1. The second-order valence-electron chi connectivity index (χ2n) is 7.33. The van der Waals surface area contributed by atoms with Crippen molar-refractivity contribution in [1.29, 1.82) is 0 Å². The lowest BCUT2D eigenvalue weighted by Crippen LogP contribution is -2.51. The highest BCUT2D eigenvalue weighted by Gasteiger charge is 2.31.